The van der Waals surface area contributed by atoms with Crippen LogP contribution in [0.4, 0.5) is 11.4 Å². The van der Waals surface area contributed by atoms with Crippen molar-refractivity contribution in [1.29, 1.82) is 0 Å². The maximum absolute atomic E-state index is 12.8. The summed E-state index contributed by atoms with van der Waals surface area (Å²) in [5.41, 5.74) is 1.79. The van der Waals surface area contributed by atoms with Gasteiger partial charge in [-0.1, -0.05) is 19.3 Å². The fourth-order valence-corrected chi connectivity index (χ4v) is 3.69. The van der Waals surface area contributed by atoms with Gasteiger partial charge < -0.3 is 15.0 Å². The molecule has 5 nitrogen and oxygen atoms in total. The molecule has 1 N–H and O–H groups in total. The van der Waals surface area contributed by atoms with E-state index in [2.05, 4.69) is 10.2 Å². The second-order valence-corrected chi connectivity index (χ2v) is 6.37. The first-order valence-electron chi connectivity index (χ1n) is 7.81. The molecule has 0 radical (unpaired) electrons. The Bertz CT molecular complexity index is 606. The Morgan fingerprint density at radius 3 is 2.68 bits per heavy atom. The third-order valence-corrected chi connectivity index (χ3v) is 4.91. The van der Waals surface area contributed by atoms with E-state index in [1.54, 1.807) is 12.1 Å². The Kier molecular flexibility index (Phi) is 3.81. The lowest BCUT2D eigenvalue weighted by Crippen LogP contribution is -2.44. The van der Waals surface area contributed by atoms with E-state index in [0.29, 0.717) is 11.3 Å². The van der Waals surface area contributed by atoms with E-state index >= 15 is 0 Å². The largest absolute Gasteiger partial charge is 0.465 e. The Morgan fingerprint density at radius 2 is 2.00 bits per heavy atom. The average molecular weight is 302 g/mol. The fourth-order valence-electron chi connectivity index (χ4n) is 3.69. The smallest absolute Gasteiger partial charge is 0.337 e. The van der Waals surface area contributed by atoms with E-state index in [9.17, 15) is 9.59 Å². The van der Waals surface area contributed by atoms with Gasteiger partial charge in [0.05, 0.1) is 29.5 Å². The fraction of sp³-hybridized carbons (Fsp3) is 0.529. The predicted octanol–water partition coefficient (Wildman–Crippen LogP) is 2.81. The van der Waals surface area contributed by atoms with Gasteiger partial charge in [-0.15, -0.1) is 0 Å². The second kappa shape index (κ2) is 5.63. The van der Waals surface area contributed by atoms with E-state index in [1.165, 1.54) is 13.5 Å². The van der Waals surface area contributed by atoms with Crippen LogP contribution in [-0.4, -0.2) is 32.6 Å². The summed E-state index contributed by atoms with van der Waals surface area (Å²) in [5.74, 6) is -0.309. The monoisotopic (exact) mass is 302 g/mol. The Balaban J connectivity index is 1.97. The van der Waals surface area contributed by atoms with Crippen molar-refractivity contribution in [2.45, 2.75) is 32.1 Å². The first-order chi connectivity index (χ1) is 10.6. The van der Waals surface area contributed by atoms with Gasteiger partial charge in [0.15, 0.2) is 0 Å². The van der Waals surface area contributed by atoms with E-state index < -0.39 is 5.97 Å². The van der Waals surface area contributed by atoms with Crippen LogP contribution < -0.4 is 10.2 Å². The van der Waals surface area contributed by atoms with Gasteiger partial charge in [-0.2, -0.15) is 0 Å². The van der Waals surface area contributed by atoms with Gasteiger partial charge in [-0.3, -0.25) is 4.79 Å². The van der Waals surface area contributed by atoms with Crippen molar-refractivity contribution in [1.82, 2.24) is 0 Å². The summed E-state index contributed by atoms with van der Waals surface area (Å²) < 4.78 is 4.76. The number of esters is 1. The number of amides is 1. The number of benzene rings is 1. The summed E-state index contributed by atoms with van der Waals surface area (Å²) in [4.78, 5) is 26.6. The van der Waals surface area contributed by atoms with E-state index in [0.717, 1.165) is 37.9 Å². The SMILES string of the molecule is COC(=O)c1ccc2c(c1)NC(=O)C1(CCCCC1)CN2C. The van der Waals surface area contributed by atoms with Crippen LogP contribution in [0.2, 0.25) is 0 Å². The molecule has 0 saturated heterocycles. The zero-order valence-corrected chi connectivity index (χ0v) is 13.1. The highest BCUT2D eigenvalue weighted by molar-refractivity contribution is 6.02. The van der Waals surface area contributed by atoms with Crippen LogP contribution in [-0.2, 0) is 9.53 Å². The van der Waals surface area contributed by atoms with Crippen LogP contribution in [0.5, 0.6) is 0 Å². The van der Waals surface area contributed by atoms with Crippen molar-refractivity contribution < 1.29 is 14.3 Å². The summed E-state index contributed by atoms with van der Waals surface area (Å²) >= 11 is 0. The topological polar surface area (TPSA) is 58.6 Å². The zero-order valence-electron chi connectivity index (χ0n) is 13.1. The minimum absolute atomic E-state index is 0.0832. The average Bonchev–Trinajstić information content (AvgIpc) is 2.63. The molecule has 0 bridgehead atoms. The zero-order chi connectivity index (χ0) is 15.7. The van der Waals surface area contributed by atoms with Crippen LogP contribution in [0.3, 0.4) is 0 Å². The molecule has 1 spiro atoms. The molecular formula is C17H22N2O3. The first-order valence-corrected chi connectivity index (χ1v) is 7.81. The molecule has 1 aromatic rings. The Morgan fingerprint density at radius 1 is 1.27 bits per heavy atom. The molecule has 5 heteroatoms. The van der Waals surface area contributed by atoms with Gasteiger partial charge in [0, 0.05) is 13.6 Å². The lowest BCUT2D eigenvalue weighted by Gasteiger charge is -2.36. The number of carbonyl (C=O) groups is 2. The number of hydrogen-bond donors (Lipinski definition) is 1. The number of nitrogens with zero attached hydrogens (tertiary/aromatic N) is 1. The van der Waals surface area contributed by atoms with E-state index in [-0.39, 0.29) is 11.3 Å². The van der Waals surface area contributed by atoms with Gasteiger partial charge in [-0.25, -0.2) is 4.79 Å². The maximum Gasteiger partial charge on any atom is 0.337 e. The molecule has 1 aromatic carbocycles. The minimum Gasteiger partial charge on any atom is -0.465 e. The molecule has 1 amide bonds. The first kappa shape index (κ1) is 14.9. The highest BCUT2D eigenvalue weighted by Crippen LogP contribution is 2.42. The molecule has 118 valence electrons. The van der Waals surface area contributed by atoms with E-state index in [4.69, 9.17) is 4.74 Å². The Labute approximate surface area is 130 Å². The summed E-state index contributed by atoms with van der Waals surface area (Å²) in [7, 11) is 3.36. The molecule has 0 aromatic heterocycles. The lowest BCUT2D eigenvalue weighted by molar-refractivity contribution is -0.126. The van der Waals surface area contributed by atoms with Gasteiger partial charge in [0.2, 0.25) is 5.91 Å². The number of nitrogens with one attached hydrogen (secondary N) is 1. The summed E-state index contributed by atoms with van der Waals surface area (Å²) in [6, 6.07) is 5.33. The van der Waals surface area contributed by atoms with Crippen molar-refractivity contribution >= 4 is 23.3 Å². The van der Waals surface area contributed by atoms with Crippen molar-refractivity contribution in [2.24, 2.45) is 5.41 Å². The lowest BCUT2D eigenvalue weighted by atomic mass is 9.73. The molecule has 1 aliphatic carbocycles. The van der Waals surface area contributed by atoms with Crippen LogP contribution in [0.1, 0.15) is 42.5 Å². The molecule has 1 heterocycles. The predicted molar refractivity (Wildman–Crippen MR) is 85.2 cm³/mol. The van der Waals surface area contributed by atoms with Crippen LogP contribution >= 0.6 is 0 Å². The number of ether oxygens (including phenoxy) is 1. The number of rotatable bonds is 1. The highest BCUT2D eigenvalue weighted by atomic mass is 16.5. The number of carbonyl (C=O) groups excluding carboxylic acids is 2. The van der Waals surface area contributed by atoms with Crippen LogP contribution in [0.15, 0.2) is 18.2 Å². The van der Waals surface area contributed by atoms with Crippen molar-refractivity contribution in [3.63, 3.8) is 0 Å². The van der Waals surface area contributed by atoms with Crippen LogP contribution in [0, 0.1) is 5.41 Å². The number of hydrogen-bond acceptors (Lipinski definition) is 4. The summed E-state index contributed by atoms with van der Waals surface area (Å²) in [6.07, 6.45) is 5.27. The summed E-state index contributed by atoms with van der Waals surface area (Å²) in [5, 5.41) is 3.04. The molecule has 1 fully saturated rings. The standard InChI is InChI=1S/C17H22N2O3/c1-19-11-17(8-4-3-5-9-17)16(21)18-13-10-12(15(20)22-2)6-7-14(13)19/h6-7,10H,3-5,8-9,11H2,1-2H3,(H,18,21). The Hall–Kier alpha value is -2.04. The molecule has 0 atom stereocenters. The van der Waals surface area contributed by atoms with Gasteiger partial charge in [0.25, 0.3) is 0 Å². The van der Waals surface area contributed by atoms with Crippen LogP contribution in [0.25, 0.3) is 0 Å². The number of methoxy groups -OCH3 is 1. The number of fused-ring (bicyclic) bond motifs is 1. The van der Waals surface area contributed by atoms with Gasteiger partial charge in [-0.05, 0) is 31.0 Å². The number of anilines is 2. The molecule has 2 aliphatic rings. The maximum atomic E-state index is 12.8. The normalized spacial score (nSPS) is 20.1. The molecule has 1 aliphatic heterocycles. The van der Waals surface area contributed by atoms with Crippen molar-refractivity contribution in [3.8, 4) is 0 Å². The molecule has 3 rings (SSSR count). The minimum atomic E-state index is -0.392. The van der Waals surface area contributed by atoms with Crippen molar-refractivity contribution in [2.75, 3.05) is 30.9 Å². The van der Waals surface area contributed by atoms with E-state index in [1.807, 2.05) is 13.1 Å². The highest BCUT2D eigenvalue weighted by Gasteiger charge is 2.42. The quantitative estimate of drug-likeness (QED) is 0.810. The van der Waals surface area contributed by atoms with Crippen molar-refractivity contribution in [3.05, 3.63) is 23.8 Å². The molecular weight excluding hydrogens is 280 g/mol. The van der Waals surface area contributed by atoms with Gasteiger partial charge in [0.1, 0.15) is 0 Å². The summed E-state index contributed by atoms with van der Waals surface area (Å²) in [6.45, 7) is 0.726. The molecule has 0 unspecified atom stereocenters. The van der Waals surface area contributed by atoms with Gasteiger partial charge >= 0.3 is 5.97 Å². The third-order valence-electron chi connectivity index (χ3n) is 4.91. The molecule has 22 heavy (non-hydrogen) atoms. The second-order valence-electron chi connectivity index (χ2n) is 6.37. The third kappa shape index (κ3) is 2.45. The molecule has 1 saturated carbocycles.